The van der Waals surface area contributed by atoms with Gasteiger partial charge in [-0.05, 0) is 35.9 Å². The summed E-state index contributed by atoms with van der Waals surface area (Å²) >= 11 is 5.87. The molecule has 1 fully saturated rings. The average Bonchev–Trinajstić information content (AvgIpc) is 2.84. The molecule has 1 saturated heterocycles. The van der Waals surface area contributed by atoms with Crippen LogP contribution < -0.4 is 10.6 Å². The molecule has 0 bridgehead atoms. The summed E-state index contributed by atoms with van der Waals surface area (Å²) in [4.78, 5) is 24.8. The molecule has 12 heteroatoms. The molecule has 7 nitrogen and oxygen atoms in total. The smallest absolute Gasteiger partial charge is 0.398 e. The van der Waals surface area contributed by atoms with Gasteiger partial charge >= 0.3 is 6.18 Å². The Hall–Kier alpha value is -3.60. The monoisotopic (exact) mass is 524 g/mol. The molecule has 0 unspecified atom stereocenters. The number of hydrogen-bond acceptors (Lipinski definition) is 5. The highest BCUT2D eigenvalue weighted by molar-refractivity contribution is 6.30. The molecule has 0 saturated carbocycles. The number of amidine groups is 1. The van der Waals surface area contributed by atoms with Gasteiger partial charge in [-0.1, -0.05) is 18.2 Å². The number of rotatable bonds is 5. The van der Waals surface area contributed by atoms with Gasteiger partial charge in [-0.2, -0.15) is 13.2 Å². The summed E-state index contributed by atoms with van der Waals surface area (Å²) < 4.78 is 54.0. The second kappa shape index (κ2) is 11.0. The van der Waals surface area contributed by atoms with E-state index in [1.165, 1.54) is 55.4 Å². The highest BCUT2D eigenvalue weighted by Gasteiger charge is 2.36. The van der Waals surface area contributed by atoms with Gasteiger partial charge < -0.3 is 20.4 Å². The molecule has 1 aliphatic rings. The Labute approximate surface area is 211 Å². The minimum absolute atomic E-state index is 0.104. The maximum atomic E-state index is 13.6. The quantitative estimate of drug-likeness (QED) is 0.357. The Kier molecular flexibility index (Phi) is 8.24. The number of pyridine rings is 1. The van der Waals surface area contributed by atoms with Crippen molar-refractivity contribution in [2.24, 2.45) is 10.7 Å². The van der Waals surface area contributed by atoms with Crippen molar-refractivity contribution in [2.75, 3.05) is 38.1 Å². The maximum Gasteiger partial charge on any atom is 0.419 e. The van der Waals surface area contributed by atoms with Crippen molar-refractivity contribution in [2.45, 2.75) is 13.1 Å². The molecular formula is C24H25ClF4N6O. The van der Waals surface area contributed by atoms with E-state index in [2.05, 4.69) is 16.6 Å². The van der Waals surface area contributed by atoms with Crippen LogP contribution in [0, 0.1) is 5.82 Å². The molecule has 36 heavy (non-hydrogen) atoms. The molecule has 0 radical (unpaired) electrons. The lowest BCUT2D eigenvalue weighted by Gasteiger charge is -2.37. The van der Waals surface area contributed by atoms with Gasteiger partial charge in [-0.3, -0.25) is 4.79 Å². The first kappa shape index (κ1) is 27.0. The Bertz CT molecular complexity index is 1210. The topological polar surface area (TPSA) is 78.1 Å². The molecule has 2 aromatic rings. The van der Waals surface area contributed by atoms with Gasteiger partial charge in [-0.15, -0.1) is 0 Å². The van der Waals surface area contributed by atoms with Crippen LogP contribution in [-0.4, -0.2) is 59.8 Å². The van der Waals surface area contributed by atoms with E-state index in [0.29, 0.717) is 11.4 Å². The van der Waals surface area contributed by atoms with Gasteiger partial charge in [0.15, 0.2) is 0 Å². The number of halogens is 5. The van der Waals surface area contributed by atoms with E-state index in [1.54, 1.807) is 4.90 Å². The molecular weight excluding hydrogens is 500 g/mol. The zero-order valence-electron chi connectivity index (χ0n) is 19.7. The lowest BCUT2D eigenvalue weighted by atomic mass is 10.1. The fourth-order valence-corrected chi connectivity index (χ4v) is 3.68. The van der Waals surface area contributed by atoms with E-state index < -0.39 is 17.6 Å². The number of alkyl halides is 3. The van der Waals surface area contributed by atoms with E-state index in [9.17, 15) is 22.4 Å². The molecule has 0 spiro atoms. The molecule has 2 heterocycles. The van der Waals surface area contributed by atoms with Crippen molar-refractivity contribution in [3.63, 3.8) is 0 Å². The lowest BCUT2D eigenvalue weighted by molar-refractivity contribution is -0.137. The van der Waals surface area contributed by atoms with Crippen LogP contribution >= 0.6 is 11.6 Å². The van der Waals surface area contributed by atoms with Crippen molar-refractivity contribution < 1.29 is 22.4 Å². The van der Waals surface area contributed by atoms with Crippen LogP contribution in [-0.2, 0) is 11.0 Å². The summed E-state index contributed by atoms with van der Waals surface area (Å²) in [6.45, 7) is 6.21. The number of anilines is 1. The minimum Gasteiger partial charge on any atom is -0.398 e. The highest BCUT2D eigenvalue weighted by atomic mass is 35.5. The molecule has 3 rings (SSSR count). The van der Waals surface area contributed by atoms with Crippen molar-refractivity contribution >= 4 is 34.9 Å². The first-order valence-electron chi connectivity index (χ1n) is 10.8. The second-order valence-electron chi connectivity index (χ2n) is 8.04. The molecule has 2 N–H and O–H groups in total. The summed E-state index contributed by atoms with van der Waals surface area (Å²) in [6, 6.07) is 6.26. The van der Waals surface area contributed by atoms with Crippen LogP contribution in [0.5, 0.6) is 0 Å². The maximum absolute atomic E-state index is 13.6. The van der Waals surface area contributed by atoms with E-state index in [0.717, 1.165) is 6.07 Å². The third-order valence-electron chi connectivity index (χ3n) is 5.64. The van der Waals surface area contributed by atoms with Crippen LogP contribution in [0.4, 0.5) is 23.4 Å². The average molecular weight is 525 g/mol. The van der Waals surface area contributed by atoms with Gasteiger partial charge in [-0.25, -0.2) is 14.4 Å². The molecule has 1 amide bonds. The number of nitrogens with zero attached hydrogens (tertiary/aromatic N) is 5. The van der Waals surface area contributed by atoms with Crippen LogP contribution in [0.1, 0.15) is 18.1 Å². The van der Waals surface area contributed by atoms with Gasteiger partial charge in [0.25, 0.3) is 0 Å². The largest absolute Gasteiger partial charge is 0.419 e. The van der Waals surface area contributed by atoms with Crippen molar-refractivity contribution in [1.82, 2.24) is 14.8 Å². The minimum atomic E-state index is -4.53. The number of aliphatic imine (C=N–C) groups is 1. The molecule has 1 aliphatic heterocycles. The fourth-order valence-electron chi connectivity index (χ4n) is 3.50. The number of benzene rings is 1. The number of hydrogen-bond donors (Lipinski definition) is 1. The summed E-state index contributed by atoms with van der Waals surface area (Å²) in [5, 5.41) is -0.104. The lowest BCUT2D eigenvalue weighted by Crippen LogP contribution is -2.49. The van der Waals surface area contributed by atoms with Crippen LogP contribution in [0.2, 0.25) is 5.02 Å². The molecule has 192 valence electrons. The predicted molar refractivity (Wildman–Crippen MR) is 132 cm³/mol. The summed E-state index contributed by atoms with van der Waals surface area (Å²) in [6.07, 6.45) is -1.68. The highest BCUT2D eigenvalue weighted by Crippen LogP contribution is 2.35. The first-order valence-corrected chi connectivity index (χ1v) is 11.2. The van der Waals surface area contributed by atoms with Gasteiger partial charge in [0, 0.05) is 58.1 Å². The Balaban J connectivity index is 1.89. The second-order valence-corrected chi connectivity index (χ2v) is 8.45. The Morgan fingerprint density at radius 1 is 1.25 bits per heavy atom. The van der Waals surface area contributed by atoms with Gasteiger partial charge in [0.05, 0.1) is 10.6 Å². The number of carbonyl (C=O) groups excluding carboxylic acids is 1. The molecule has 0 atom stereocenters. The Morgan fingerprint density at radius 2 is 1.92 bits per heavy atom. The molecule has 0 aliphatic carbocycles. The zero-order chi connectivity index (χ0) is 26.6. The Morgan fingerprint density at radius 3 is 2.50 bits per heavy atom. The van der Waals surface area contributed by atoms with E-state index in [1.807, 2.05) is 4.90 Å². The van der Waals surface area contributed by atoms with Crippen molar-refractivity contribution in [3.8, 4) is 0 Å². The fraction of sp³-hybridized carbons (Fsp3) is 0.292. The number of aromatic nitrogens is 1. The van der Waals surface area contributed by atoms with Crippen LogP contribution in [0.25, 0.3) is 5.70 Å². The molecule has 1 aromatic heterocycles. The third kappa shape index (κ3) is 6.34. The number of amides is 1. The number of piperazine rings is 1. The van der Waals surface area contributed by atoms with Crippen molar-refractivity contribution in [1.29, 1.82) is 0 Å². The molecule has 1 aromatic carbocycles. The normalized spacial score (nSPS) is 15.2. The standard InChI is InChI=1S/C24H25ClF4N6O/c1-15(33(3)16(2)36)32-22(14-21(30)17-6-7-20(26)19(25)13-17)34-9-11-35(12-10-34)23-18(24(27,28)29)5-4-8-31-23/h4-8,13-14H,1,9-12,30H2,2-3H3/b21-14-,32-22?. The van der Waals surface area contributed by atoms with Gasteiger partial charge in [0.1, 0.15) is 23.3 Å². The van der Waals surface area contributed by atoms with Crippen LogP contribution in [0.3, 0.4) is 0 Å². The first-order chi connectivity index (χ1) is 16.9. The predicted octanol–water partition coefficient (Wildman–Crippen LogP) is 4.36. The van der Waals surface area contributed by atoms with E-state index >= 15 is 0 Å². The zero-order valence-corrected chi connectivity index (χ0v) is 20.4. The number of carbonyl (C=O) groups is 1. The number of nitrogens with two attached hydrogens (primary N) is 1. The SMILES string of the molecule is C=C(N=C(/C=C(\N)c1ccc(F)c(Cl)c1)N1CCN(c2ncccc2C(F)(F)F)CC1)N(C)C(C)=O. The van der Waals surface area contributed by atoms with Crippen LogP contribution in [0.15, 0.2) is 60.0 Å². The summed E-state index contributed by atoms with van der Waals surface area (Å²) in [7, 11) is 1.51. The van der Waals surface area contributed by atoms with E-state index in [4.69, 9.17) is 17.3 Å². The third-order valence-corrected chi connectivity index (χ3v) is 5.93. The summed E-state index contributed by atoms with van der Waals surface area (Å²) in [5.41, 5.74) is 6.10. The van der Waals surface area contributed by atoms with E-state index in [-0.39, 0.29) is 54.4 Å². The van der Waals surface area contributed by atoms with Gasteiger partial charge in [0.2, 0.25) is 5.91 Å². The van der Waals surface area contributed by atoms with Crippen molar-refractivity contribution in [3.05, 3.63) is 77.0 Å². The summed E-state index contributed by atoms with van der Waals surface area (Å²) in [5.74, 6) is -0.541.